The number of nitrogens with zero attached hydrogens (tertiary/aromatic N) is 3. The van der Waals surface area contributed by atoms with Crippen LogP contribution in [-0.4, -0.2) is 29.0 Å². The van der Waals surface area contributed by atoms with Crippen LogP contribution in [0.5, 0.6) is 0 Å². The fourth-order valence-corrected chi connectivity index (χ4v) is 4.66. The lowest BCUT2D eigenvalue weighted by atomic mass is 9.90. The molecule has 0 spiro atoms. The molecular formula is C30H31N5O. The van der Waals surface area contributed by atoms with Gasteiger partial charge in [0.05, 0.1) is 5.92 Å². The predicted molar refractivity (Wildman–Crippen MR) is 146 cm³/mol. The number of carbonyl (C=O) groups excluding carboxylic acids is 1. The second-order valence-corrected chi connectivity index (χ2v) is 9.18. The van der Waals surface area contributed by atoms with Crippen LogP contribution < -0.4 is 15.5 Å². The lowest BCUT2D eigenvalue weighted by molar-refractivity contribution is -0.116. The zero-order valence-electron chi connectivity index (χ0n) is 20.5. The van der Waals surface area contributed by atoms with Gasteiger partial charge in [-0.05, 0) is 61.6 Å². The number of aryl methyl sites for hydroxylation is 1. The molecule has 6 heteroatoms. The Morgan fingerprint density at radius 2 is 1.36 bits per heavy atom. The molecule has 0 unspecified atom stereocenters. The molecule has 182 valence electrons. The highest BCUT2D eigenvalue weighted by atomic mass is 16.1. The van der Waals surface area contributed by atoms with E-state index in [1.54, 1.807) is 0 Å². The number of carbonyl (C=O) groups is 1. The number of hydrogen-bond donors (Lipinski definition) is 2. The minimum atomic E-state index is -0.390. The third kappa shape index (κ3) is 5.71. The fourth-order valence-electron chi connectivity index (χ4n) is 4.66. The second kappa shape index (κ2) is 11.0. The van der Waals surface area contributed by atoms with Crippen LogP contribution in [0.15, 0.2) is 91.0 Å². The van der Waals surface area contributed by atoms with E-state index >= 15 is 0 Å². The SMILES string of the molecule is Cc1cc(N2CCCCC2)nc(Nc2ccc(NC(=O)C(c3ccccc3)c3ccccc3)cc2)n1. The van der Waals surface area contributed by atoms with Gasteiger partial charge in [0.25, 0.3) is 0 Å². The molecule has 2 heterocycles. The summed E-state index contributed by atoms with van der Waals surface area (Å²) in [4.78, 5) is 25.0. The van der Waals surface area contributed by atoms with Crippen LogP contribution >= 0.6 is 0 Å². The Kier molecular flexibility index (Phi) is 7.22. The topological polar surface area (TPSA) is 70.2 Å². The Morgan fingerprint density at radius 3 is 1.97 bits per heavy atom. The van der Waals surface area contributed by atoms with Crippen molar-refractivity contribution in [1.82, 2.24) is 9.97 Å². The number of aromatic nitrogens is 2. The quantitative estimate of drug-likeness (QED) is 0.327. The Morgan fingerprint density at radius 1 is 0.778 bits per heavy atom. The number of piperidine rings is 1. The van der Waals surface area contributed by atoms with Crippen LogP contribution in [-0.2, 0) is 4.79 Å². The van der Waals surface area contributed by atoms with Gasteiger partial charge in [0, 0.05) is 36.2 Å². The third-order valence-electron chi connectivity index (χ3n) is 6.46. The van der Waals surface area contributed by atoms with Crippen molar-refractivity contribution in [3.63, 3.8) is 0 Å². The van der Waals surface area contributed by atoms with Crippen molar-refractivity contribution in [2.45, 2.75) is 32.1 Å². The minimum Gasteiger partial charge on any atom is -0.356 e. The average Bonchev–Trinajstić information content (AvgIpc) is 2.91. The van der Waals surface area contributed by atoms with Gasteiger partial charge >= 0.3 is 0 Å². The summed E-state index contributed by atoms with van der Waals surface area (Å²) >= 11 is 0. The predicted octanol–water partition coefficient (Wildman–Crippen LogP) is 6.29. The highest BCUT2D eigenvalue weighted by Crippen LogP contribution is 2.27. The molecule has 0 bridgehead atoms. The van der Waals surface area contributed by atoms with Crippen LogP contribution in [0, 0.1) is 6.92 Å². The molecule has 1 saturated heterocycles. The monoisotopic (exact) mass is 477 g/mol. The molecule has 0 radical (unpaired) electrons. The van der Waals surface area contributed by atoms with E-state index in [9.17, 15) is 4.79 Å². The van der Waals surface area contributed by atoms with E-state index in [2.05, 4.69) is 20.5 Å². The first-order valence-corrected chi connectivity index (χ1v) is 12.5. The molecule has 0 aliphatic carbocycles. The molecule has 1 aliphatic rings. The summed E-state index contributed by atoms with van der Waals surface area (Å²) in [5.41, 5.74) is 4.46. The fraction of sp³-hybridized carbons (Fsp3) is 0.233. The largest absolute Gasteiger partial charge is 0.356 e. The molecule has 4 aromatic rings. The first-order valence-electron chi connectivity index (χ1n) is 12.5. The Bertz CT molecular complexity index is 1250. The van der Waals surface area contributed by atoms with E-state index < -0.39 is 0 Å². The highest BCUT2D eigenvalue weighted by Gasteiger charge is 2.22. The Balaban J connectivity index is 1.29. The maximum absolute atomic E-state index is 13.4. The molecule has 1 aromatic heterocycles. The van der Waals surface area contributed by atoms with Crippen molar-refractivity contribution in [3.8, 4) is 0 Å². The summed E-state index contributed by atoms with van der Waals surface area (Å²) in [5.74, 6) is 1.10. The highest BCUT2D eigenvalue weighted by molar-refractivity contribution is 5.98. The molecule has 2 N–H and O–H groups in total. The van der Waals surface area contributed by atoms with Crippen molar-refractivity contribution in [1.29, 1.82) is 0 Å². The molecule has 0 atom stereocenters. The molecular weight excluding hydrogens is 446 g/mol. The maximum Gasteiger partial charge on any atom is 0.236 e. The summed E-state index contributed by atoms with van der Waals surface area (Å²) in [6.07, 6.45) is 3.69. The van der Waals surface area contributed by atoms with Crippen molar-refractivity contribution in [2.24, 2.45) is 0 Å². The van der Waals surface area contributed by atoms with Gasteiger partial charge in [-0.25, -0.2) is 4.98 Å². The van der Waals surface area contributed by atoms with Crippen molar-refractivity contribution >= 4 is 29.0 Å². The summed E-state index contributed by atoms with van der Waals surface area (Å²) in [6, 6.07) is 29.4. The van der Waals surface area contributed by atoms with E-state index in [0.29, 0.717) is 5.95 Å². The maximum atomic E-state index is 13.4. The van der Waals surface area contributed by atoms with Gasteiger partial charge < -0.3 is 15.5 Å². The van der Waals surface area contributed by atoms with Crippen LogP contribution in [0.3, 0.4) is 0 Å². The van der Waals surface area contributed by atoms with Gasteiger partial charge in [-0.3, -0.25) is 4.79 Å². The Labute approximate surface area is 212 Å². The van der Waals surface area contributed by atoms with Crippen LogP contribution in [0.4, 0.5) is 23.1 Å². The molecule has 1 aliphatic heterocycles. The smallest absolute Gasteiger partial charge is 0.236 e. The molecule has 1 fully saturated rings. The second-order valence-electron chi connectivity index (χ2n) is 9.18. The summed E-state index contributed by atoms with van der Waals surface area (Å²) in [7, 11) is 0. The van der Waals surface area contributed by atoms with E-state index in [-0.39, 0.29) is 11.8 Å². The molecule has 36 heavy (non-hydrogen) atoms. The van der Waals surface area contributed by atoms with Gasteiger partial charge in [-0.15, -0.1) is 0 Å². The number of anilines is 4. The molecule has 3 aromatic carbocycles. The lowest BCUT2D eigenvalue weighted by Crippen LogP contribution is -2.30. The summed E-state index contributed by atoms with van der Waals surface area (Å²) in [6.45, 7) is 4.07. The average molecular weight is 478 g/mol. The van der Waals surface area contributed by atoms with Gasteiger partial charge in [0.15, 0.2) is 0 Å². The lowest BCUT2D eigenvalue weighted by Gasteiger charge is -2.28. The van der Waals surface area contributed by atoms with E-state index in [4.69, 9.17) is 4.98 Å². The van der Waals surface area contributed by atoms with Gasteiger partial charge in [-0.1, -0.05) is 60.7 Å². The van der Waals surface area contributed by atoms with Gasteiger partial charge in [0.1, 0.15) is 5.82 Å². The first kappa shape index (κ1) is 23.5. The van der Waals surface area contributed by atoms with Crippen LogP contribution in [0.1, 0.15) is 42.0 Å². The molecule has 6 nitrogen and oxygen atoms in total. The Hall–Kier alpha value is -4.19. The van der Waals surface area contributed by atoms with Crippen molar-refractivity contribution in [2.75, 3.05) is 28.6 Å². The first-order chi connectivity index (χ1) is 17.7. The zero-order chi connectivity index (χ0) is 24.7. The number of amides is 1. The third-order valence-corrected chi connectivity index (χ3v) is 6.46. The van der Waals surface area contributed by atoms with E-state index in [1.165, 1.54) is 19.3 Å². The number of nitrogens with one attached hydrogen (secondary N) is 2. The van der Waals surface area contributed by atoms with E-state index in [0.717, 1.165) is 47.1 Å². The summed E-state index contributed by atoms with van der Waals surface area (Å²) < 4.78 is 0. The minimum absolute atomic E-state index is 0.0682. The van der Waals surface area contributed by atoms with E-state index in [1.807, 2.05) is 97.9 Å². The van der Waals surface area contributed by atoms with Gasteiger partial charge in [0.2, 0.25) is 11.9 Å². The zero-order valence-corrected chi connectivity index (χ0v) is 20.5. The van der Waals surface area contributed by atoms with Crippen LogP contribution in [0.2, 0.25) is 0 Å². The standard InChI is InChI=1S/C30H31N5O/c1-22-21-27(35-19-9-4-10-20-35)34-30(31-22)33-26-17-15-25(16-18-26)32-29(36)28(23-11-5-2-6-12-23)24-13-7-3-8-14-24/h2-3,5-8,11-18,21,28H,4,9-10,19-20H2,1H3,(H,32,36)(H,31,33,34). The number of benzene rings is 3. The molecule has 5 rings (SSSR count). The summed E-state index contributed by atoms with van der Waals surface area (Å²) in [5, 5.41) is 6.40. The number of rotatable bonds is 7. The van der Waals surface area contributed by atoms with Crippen LogP contribution in [0.25, 0.3) is 0 Å². The van der Waals surface area contributed by atoms with Crippen molar-refractivity contribution < 1.29 is 4.79 Å². The van der Waals surface area contributed by atoms with Gasteiger partial charge in [-0.2, -0.15) is 4.98 Å². The molecule has 0 saturated carbocycles. The normalized spacial score (nSPS) is 13.4. The van der Waals surface area contributed by atoms with Crippen molar-refractivity contribution in [3.05, 3.63) is 108 Å². The molecule has 1 amide bonds. The number of hydrogen-bond acceptors (Lipinski definition) is 5.